The van der Waals surface area contributed by atoms with Gasteiger partial charge in [0.2, 0.25) is 0 Å². The molecule has 0 aromatic carbocycles. The fraction of sp³-hybridized carbons (Fsp3) is 0.750. The first-order valence-corrected chi connectivity index (χ1v) is 6.06. The fourth-order valence-corrected chi connectivity index (χ4v) is 1.50. The number of nitrogens with one attached hydrogen (secondary N) is 1. The van der Waals surface area contributed by atoms with Crippen LogP contribution in [-0.4, -0.2) is 28.5 Å². The predicted molar refractivity (Wildman–Crippen MR) is 64.4 cm³/mol. The third-order valence-electron chi connectivity index (χ3n) is 2.44. The Morgan fingerprint density at radius 1 is 1.29 bits per heavy atom. The number of hydrogen-bond donors (Lipinski definition) is 2. The van der Waals surface area contributed by atoms with Crippen molar-refractivity contribution in [2.75, 3.05) is 13.2 Å². The largest absolute Gasteiger partial charge is 0.386 e. The smallest absolute Gasteiger partial charge is 0.200 e. The van der Waals surface area contributed by atoms with Crippen LogP contribution >= 0.6 is 0 Å². The number of ether oxygens (including phenoxy) is 2. The summed E-state index contributed by atoms with van der Waals surface area (Å²) in [7, 11) is 0. The average Bonchev–Trinajstić information content (AvgIpc) is 2.76. The van der Waals surface area contributed by atoms with Crippen LogP contribution in [0.5, 0.6) is 0 Å². The highest BCUT2D eigenvalue weighted by Gasteiger charge is 2.19. The molecule has 0 amide bonds. The Bertz CT molecular complexity index is 319. The molecule has 0 aliphatic carbocycles. The maximum atomic E-state index is 9.89. The summed E-state index contributed by atoms with van der Waals surface area (Å²) in [6.07, 6.45) is -1.01. The summed E-state index contributed by atoms with van der Waals surface area (Å²) in [5.41, 5.74) is 1.36. The molecule has 1 aromatic rings. The summed E-state index contributed by atoms with van der Waals surface area (Å²) in [4.78, 5) is 0. The van der Waals surface area contributed by atoms with E-state index in [1.165, 1.54) is 0 Å². The molecule has 1 aromatic heterocycles. The maximum absolute atomic E-state index is 9.89. The molecular formula is C12H22N2O3. The van der Waals surface area contributed by atoms with Crippen LogP contribution in [0.25, 0.3) is 0 Å². The van der Waals surface area contributed by atoms with E-state index >= 15 is 0 Å². The second-order valence-electron chi connectivity index (χ2n) is 4.18. The van der Waals surface area contributed by atoms with Crippen LogP contribution in [0.1, 0.15) is 51.5 Å². The van der Waals surface area contributed by atoms with Crippen molar-refractivity contribution in [1.82, 2.24) is 10.2 Å². The highest BCUT2D eigenvalue weighted by atomic mass is 16.7. The number of aromatic amines is 1. The summed E-state index contributed by atoms with van der Waals surface area (Å²) in [6, 6.07) is 1.79. The third kappa shape index (κ3) is 3.80. The fourth-order valence-electron chi connectivity index (χ4n) is 1.50. The van der Waals surface area contributed by atoms with Gasteiger partial charge >= 0.3 is 0 Å². The van der Waals surface area contributed by atoms with Crippen LogP contribution in [0.4, 0.5) is 0 Å². The van der Waals surface area contributed by atoms with Crippen molar-refractivity contribution in [1.29, 1.82) is 0 Å². The zero-order chi connectivity index (χ0) is 12.8. The molecule has 98 valence electrons. The molecule has 0 fully saturated rings. The first-order valence-electron chi connectivity index (χ1n) is 6.06. The molecule has 0 radical (unpaired) electrons. The van der Waals surface area contributed by atoms with Crippen molar-refractivity contribution in [3.8, 4) is 0 Å². The zero-order valence-corrected chi connectivity index (χ0v) is 10.9. The second-order valence-corrected chi connectivity index (χ2v) is 4.18. The molecule has 5 nitrogen and oxygen atoms in total. The Balaban J connectivity index is 2.76. The van der Waals surface area contributed by atoms with E-state index in [2.05, 4.69) is 10.2 Å². The topological polar surface area (TPSA) is 67.4 Å². The van der Waals surface area contributed by atoms with Crippen LogP contribution in [0.3, 0.4) is 0 Å². The molecule has 0 saturated carbocycles. The van der Waals surface area contributed by atoms with Crippen LogP contribution in [0, 0.1) is 5.92 Å². The van der Waals surface area contributed by atoms with Gasteiger partial charge in [0.15, 0.2) is 6.29 Å². The van der Waals surface area contributed by atoms with Crippen molar-refractivity contribution in [2.24, 2.45) is 5.92 Å². The number of H-pyrrole nitrogens is 1. The maximum Gasteiger partial charge on any atom is 0.200 e. The van der Waals surface area contributed by atoms with Crippen LogP contribution in [0.15, 0.2) is 6.07 Å². The highest BCUT2D eigenvalue weighted by molar-refractivity contribution is 5.12. The number of hydrogen-bond acceptors (Lipinski definition) is 4. The second kappa shape index (κ2) is 6.74. The molecule has 0 spiro atoms. The van der Waals surface area contributed by atoms with Crippen LogP contribution < -0.4 is 0 Å². The van der Waals surface area contributed by atoms with Gasteiger partial charge in [0, 0.05) is 13.2 Å². The first kappa shape index (κ1) is 14.2. The minimum Gasteiger partial charge on any atom is -0.386 e. The zero-order valence-electron chi connectivity index (χ0n) is 10.9. The molecule has 0 saturated heterocycles. The van der Waals surface area contributed by atoms with Crippen molar-refractivity contribution in [3.05, 3.63) is 17.5 Å². The minimum absolute atomic E-state index is 0.129. The van der Waals surface area contributed by atoms with Gasteiger partial charge < -0.3 is 14.6 Å². The predicted octanol–water partition coefficient (Wildman–Crippen LogP) is 2.17. The summed E-state index contributed by atoms with van der Waals surface area (Å²) in [6.45, 7) is 8.83. The van der Waals surface area contributed by atoms with Gasteiger partial charge in [-0.2, -0.15) is 5.10 Å². The molecule has 0 bridgehead atoms. The number of aliphatic hydroxyl groups is 1. The van der Waals surface area contributed by atoms with Crippen LogP contribution in [0.2, 0.25) is 0 Å². The van der Waals surface area contributed by atoms with Gasteiger partial charge in [0.05, 0.1) is 11.4 Å². The molecule has 1 rings (SSSR count). The molecule has 1 heterocycles. The van der Waals surface area contributed by atoms with Gasteiger partial charge in [-0.3, -0.25) is 5.10 Å². The number of aromatic nitrogens is 2. The molecule has 17 heavy (non-hydrogen) atoms. The van der Waals surface area contributed by atoms with Gasteiger partial charge in [-0.15, -0.1) is 0 Å². The summed E-state index contributed by atoms with van der Waals surface area (Å²) >= 11 is 0. The van der Waals surface area contributed by atoms with E-state index in [1.807, 2.05) is 27.7 Å². The Hall–Kier alpha value is -0.910. The average molecular weight is 242 g/mol. The number of rotatable bonds is 7. The number of aliphatic hydroxyl groups excluding tert-OH is 1. The standard InChI is InChI=1S/C12H22N2O3/c1-5-16-12(17-6-2)10-7-9(13-14-10)11(15)8(3)4/h7-8,11-12,15H,5-6H2,1-4H3,(H,13,14). The SMILES string of the molecule is CCOC(OCC)c1cc(C(O)C(C)C)n[nH]1. The molecule has 1 atom stereocenters. The first-order chi connectivity index (χ1) is 8.10. The van der Waals surface area contributed by atoms with E-state index in [0.29, 0.717) is 18.9 Å². The molecular weight excluding hydrogens is 220 g/mol. The lowest BCUT2D eigenvalue weighted by Crippen LogP contribution is -2.09. The molecule has 0 aliphatic heterocycles. The lowest BCUT2D eigenvalue weighted by atomic mass is 10.0. The third-order valence-corrected chi connectivity index (χ3v) is 2.44. The highest BCUT2D eigenvalue weighted by Crippen LogP contribution is 2.23. The molecule has 1 unspecified atom stereocenters. The summed E-state index contributed by atoms with van der Waals surface area (Å²) in [5.74, 6) is 0.129. The molecule has 5 heteroatoms. The lowest BCUT2D eigenvalue weighted by molar-refractivity contribution is -0.142. The lowest BCUT2D eigenvalue weighted by Gasteiger charge is -2.14. The Morgan fingerprint density at radius 2 is 1.88 bits per heavy atom. The van der Waals surface area contributed by atoms with Crippen molar-refractivity contribution < 1.29 is 14.6 Å². The Labute approximate surface area is 102 Å². The van der Waals surface area contributed by atoms with E-state index in [4.69, 9.17) is 9.47 Å². The summed E-state index contributed by atoms with van der Waals surface area (Å²) < 4.78 is 10.9. The van der Waals surface area contributed by atoms with E-state index in [9.17, 15) is 5.11 Å². The number of nitrogens with zero attached hydrogens (tertiary/aromatic N) is 1. The van der Waals surface area contributed by atoms with Crippen molar-refractivity contribution >= 4 is 0 Å². The monoisotopic (exact) mass is 242 g/mol. The van der Waals surface area contributed by atoms with Gasteiger partial charge in [-0.1, -0.05) is 13.8 Å². The van der Waals surface area contributed by atoms with Gasteiger partial charge in [-0.25, -0.2) is 0 Å². The van der Waals surface area contributed by atoms with Gasteiger partial charge in [0.25, 0.3) is 0 Å². The normalized spacial score (nSPS) is 13.6. The molecule has 2 N–H and O–H groups in total. The minimum atomic E-state index is -0.566. The Kier molecular flexibility index (Phi) is 5.61. The Morgan fingerprint density at radius 3 is 2.35 bits per heavy atom. The quantitative estimate of drug-likeness (QED) is 0.719. The summed E-state index contributed by atoms with van der Waals surface area (Å²) in [5, 5.41) is 16.8. The van der Waals surface area contributed by atoms with Crippen LogP contribution in [-0.2, 0) is 9.47 Å². The van der Waals surface area contributed by atoms with Crippen molar-refractivity contribution in [3.63, 3.8) is 0 Å². The van der Waals surface area contributed by atoms with E-state index < -0.39 is 12.4 Å². The van der Waals surface area contributed by atoms with E-state index in [0.717, 1.165) is 5.69 Å². The van der Waals surface area contributed by atoms with E-state index in [1.54, 1.807) is 6.07 Å². The van der Waals surface area contributed by atoms with Crippen molar-refractivity contribution in [2.45, 2.75) is 40.1 Å². The molecule has 0 aliphatic rings. The van der Waals surface area contributed by atoms with Gasteiger partial charge in [-0.05, 0) is 25.8 Å². The van der Waals surface area contributed by atoms with E-state index in [-0.39, 0.29) is 5.92 Å². The van der Waals surface area contributed by atoms with Gasteiger partial charge in [0.1, 0.15) is 6.10 Å².